The van der Waals surface area contributed by atoms with Gasteiger partial charge in [0.05, 0.1) is 7.11 Å². The number of benzene rings is 2. The first-order valence-electron chi connectivity index (χ1n) is 9.00. The smallest absolute Gasteiger partial charge is 0.347 e. The summed E-state index contributed by atoms with van der Waals surface area (Å²) in [7, 11) is 1.56. The monoisotopic (exact) mass is 407 g/mol. The van der Waals surface area contributed by atoms with Crippen LogP contribution in [0, 0.1) is 0 Å². The molecule has 152 valence electrons. The standard InChI is InChI=1S/C21H17N3O6/c1-27-15-9-5-6-13(10-15)19-23-17(30-24-19)12-29-21(26)18-16(25)11-28-20(18)22-14-7-3-2-4-8-14/h2-10,22H,11-12H2,1H3. The summed E-state index contributed by atoms with van der Waals surface area (Å²) in [6.45, 7) is -0.522. The first kappa shape index (κ1) is 19.2. The maximum atomic E-state index is 12.5. The van der Waals surface area contributed by atoms with E-state index in [-0.39, 0.29) is 30.6 Å². The molecule has 0 fully saturated rings. The summed E-state index contributed by atoms with van der Waals surface area (Å²) in [4.78, 5) is 28.8. The minimum absolute atomic E-state index is 0.0544. The fourth-order valence-electron chi connectivity index (χ4n) is 2.76. The molecule has 0 unspecified atom stereocenters. The number of hydrogen-bond acceptors (Lipinski definition) is 9. The molecule has 1 aliphatic heterocycles. The molecule has 2 aromatic carbocycles. The SMILES string of the molecule is COc1cccc(-c2noc(COC(=O)C3=C(Nc4ccccc4)OCC3=O)n2)c1. The van der Waals surface area contributed by atoms with Crippen LogP contribution in [0.2, 0.25) is 0 Å². The molecule has 30 heavy (non-hydrogen) atoms. The van der Waals surface area contributed by atoms with Crippen molar-refractivity contribution in [1.29, 1.82) is 0 Å². The molecular formula is C21H17N3O6. The summed E-state index contributed by atoms with van der Waals surface area (Å²) in [5, 5.41) is 6.78. The van der Waals surface area contributed by atoms with Gasteiger partial charge in [0.15, 0.2) is 18.8 Å². The number of para-hydroxylation sites is 1. The van der Waals surface area contributed by atoms with E-state index in [4.69, 9.17) is 18.7 Å². The zero-order valence-corrected chi connectivity index (χ0v) is 16.0. The molecule has 0 radical (unpaired) electrons. The molecule has 0 amide bonds. The van der Waals surface area contributed by atoms with Crippen LogP contribution in [0.5, 0.6) is 5.75 Å². The Bertz CT molecular complexity index is 1110. The number of ether oxygens (including phenoxy) is 3. The summed E-state index contributed by atoms with van der Waals surface area (Å²) in [6.07, 6.45) is 0. The van der Waals surface area contributed by atoms with Gasteiger partial charge in [-0.1, -0.05) is 35.5 Å². The summed E-state index contributed by atoms with van der Waals surface area (Å²) >= 11 is 0. The third-order valence-electron chi connectivity index (χ3n) is 4.21. The Morgan fingerprint density at radius 2 is 2.00 bits per heavy atom. The second kappa shape index (κ2) is 8.48. The van der Waals surface area contributed by atoms with Gasteiger partial charge in [0.25, 0.3) is 5.89 Å². The number of aromatic nitrogens is 2. The highest BCUT2D eigenvalue weighted by Crippen LogP contribution is 2.23. The van der Waals surface area contributed by atoms with E-state index in [0.717, 1.165) is 0 Å². The molecule has 0 saturated carbocycles. The molecule has 0 atom stereocenters. The van der Waals surface area contributed by atoms with Crippen LogP contribution in [-0.4, -0.2) is 35.6 Å². The maximum Gasteiger partial charge on any atom is 0.347 e. The Hall–Kier alpha value is -4.14. The summed E-state index contributed by atoms with van der Waals surface area (Å²) in [6, 6.07) is 16.2. The molecule has 9 nitrogen and oxygen atoms in total. The average Bonchev–Trinajstić information content (AvgIpc) is 3.40. The average molecular weight is 407 g/mol. The van der Waals surface area contributed by atoms with Crippen LogP contribution in [0.4, 0.5) is 5.69 Å². The van der Waals surface area contributed by atoms with Crippen LogP contribution in [-0.2, 0) is 25.7 Å². The lowest BCUT2D eigenvalue weighted by Gasteiger charge is -2.08. The zero-order chi connectivity index (χ0) is 20.9. The third-order valence-corrected chi connectivity index (χ3v) is 4.21. The zero-order valence-electron chi connectivity index (χ0n) is 16.0. The maximum absolute atomic E-state index is 12.5. The first-order chi connectivity index (χ1) is 14.6. The third kappa shape index (κ3) is 4.14. The van der Waals surface area contributed by atoms with E-state index in [0.29, 0.717) is 22.8 Å². The summed E-state index contributed by atoms with van der Waals surface area (Å²) < 4.78 is 20.8. The van der Waals surface area contributed by atoms with E-state index in [1.54, 1.807) is 43.5 Å². The highest BCUT2D eigenvalue weighted by atomic mass is 16.6. The number of esters is 1. The van der Waals surface area contributed by atoms with Crippen LogP contribution >= 0.6 is 0 Å². The van der Waals surface area contributed by atoms with Crippen molar-refractivity contribution >= 4 is 17.4 Å². The molecule has 1 aliphatic rings. The molecule has 0 saturated heterocycles. The van der Waals surface area contributed by atoms with Crippen molar-refractivity contribution < 1.29 is 28.3 Å². The molecule has 0 spiro atoms. The molecule has 4 rings (SSSR count). The Labute approximate surface area is 171 Å². The van der Waals surface area contributed by atoms with Crippen LogP contribution < -0.4 is 10.1 Å². The molecular weight excluding hydrogens is 390 g/mol. The second-order valence-electron chi connectivity index (χ2n) is 6.23. The number of anilines is 1. The number of nitrogens with zero attached hydrogens (tertiary/aromatic N) is 2. The number of rotatable bonds is 7. The lowest BCUT2D eigenvalue weighted by molar-refractivity contribution is -0.142. The molecule has 3 aromatic rings. The van der Waals surface area contributed by atoms with Crippen molar-refractivity contribution in [3.63, 3.8) is 0 Å². The summed E-state index contributed by atoms with van der Waals surface area (Å²) in [5.74, 6) is -0.191. The lowest BCUT2D eigenvalue weighted by Crippen LogP contribution is -2.16. The molecule has 0 aliphatic carbocycles. The van der Waals surface area contributed by atoms with Gasteiger partial charge in [-0.2, -0.15) is 4.98 Å². The Kier molecular flexibility index (Phi) is 5.42. The van der Waals surface area contributed by atoms with Crippen molar-refractivity contribution in [2.24, 2.45) is 0 Å². The van der Waals surface area contributed by atoms with Gasteiger partial charge < -0.3 is 24.1 Å². The molecule has 1 aromatic heterocycles. The van der Waals surface area contributed by atoms with Crippen molar-refractivity contribution in [2.75, 3.05) is 19.0 Å². The fourth-order valence-corrected chi connectivity index (χ4v) is 2.76. The van der Waals surface area contributed by atoms with Crippen molar-refractivity contribution in [1.82, 2.24) is 10.1 Å². The Balaban J connectivity index is 1.44. The minimum Gasteiger partial charge on any atom is -0.497 e. The predicted molar refractivity (Wildman–Crippen MR) is 104 cm³/mol. The van der Waals surface area contributed by atoms with E-state index in [1.807, 2.05) is 18.2 Å². The van der Waals surface area contributed by atoms with Gasteiger partial charge >= 0.3 is 5.97 Å². The normalized spacial score (nSPS) is 13.2. The predicted octanol–water partition coefficient (Wildman–Crippen LogP) is 2.71. The first-order valence-corrected chi connectivity index (χ1v) is 9.00. The fraction of sp³-hybridized carbons (Fsp3) is 0.143. The number of hydrogen-bond donors (Lipinski definition) is 1. The molecule has 2 heterocycles. The van der Waals surface area contributed by atoms with E-state index in [2.05, 4.69) is 15.5 Å². The quantitative estimate of drug-likeness (QED) is 0.466. The Morgan fingerprint density at radius 1 is 1.17 bits per heavy atom. The van der Waals surface area contributed by atoms with Crippen molar-refractivity contribution in [3.8, 4) is 17.1 Å². The topological polar surface area (TPSA) is 113 Å². The number of nitrogens with one attached hydrogen (secondary N) is 1. The van der Waals surface area contributed by atoms with Gasteiger partial charge in [0.1, 0.15) is 5.75 Å². The van der Waals surface area contributed by atoms with Gasteiger partial charge in [-0.25, -0.2) is 4.79 Å². The van der Waals surface area contributed by atoms with Gasteiger partial charge in [-0.15, -0.1) is 0 Å². The minimum atomic E-state index is -0.836. The number of Topliss-reactive ketones (excluding diaryl/α,β-unsaturated/α-hetero) is 1. The molecule has 9 heteroatoms. The highest BCUT2D eigenvalue weighted by molar-refractivity contribution is 6.19. The number of carbonyl (C=O) groups is 2. The van der Waals surface area contributed by atoms with Gasteiger partial charge in [0, 0.05) is 11.3 Å². The number of ketones is 1. The van der Waals surface area contributed by atoms with Crippen LogP contribution in [0.3, 0.4) is 0 Å². The largest absolute Gasteiger partial charge is 0.497 e. The highest BCUT2D eigenvalue weighted by Gasteiger charge is 2.32. The van der Waals surface area contributed by atoms with Gasteiger partial charge in [-0.05, 0) is 24.3 Å². The second-order valence-corrected chi connectivity index (χ2v) is 6.23. The number of carbonyl (C=O) groups excluding carboxylic acids is 2. The molecule has 1 N–H and O–H groups in total. The van der Waals surface area contributed by atoms with E-state index >= 15 is 0 Å². The summed E-state index contributed by atoms with van der Waals surface area (Å²) in [5.41, 5.74) is 1.17. The van der Waals surface area contributed by atoms with Crippen LogP contribution in [0.1, 0.15) is 5.89 Å². The van der Waals surface area contributed by atoms with Crippen molar-refractivity contribution in [3.05, 3.63) is 71.9 Å². The van der Waals surface area contributed by atoms with Gasteiger partial charge in [0.2, 0.25) is 17.5 Å². The number of methoxy groups -OCH3 is 1. The van der Waals surface area contributed by atoms with E-state index in [9.17, 15) is 9.59 Å². The lowest BCUT2D eigenvalue weighted by atomic mass is 10.2. The van der Waals surface area contributed by atoms with Crippen molar-refractivity contribution in [2.45, 2.75) is 6.61 Å². The molecule has 0 bridgehead atoms. The van der Waals surface area contributed by atoms with E-state index in [1.165, 1.54) is 0 Å². The van der Waals surface area contributed by atoms with E-state index < -0.39 is 11.8 Å². The Morgan fingerprint density at radius 3 is 2.80 bits per heavy atom. The van der Waals surface area contributed by atoms with Crippen LogP contribution in [0.15, 0.2) is 70.6 Å². The van der Waals surface area contributed by atoms with Crippen LogP contribution in [0.25, 0.3) is 11.4 Å². The van der Waals surface area contributed by atoms with Gasteiger partial charge in [-0.3, -0.25) is 4.79 Å².